The molecule has 0 unspecified atom stereocenters. The summed E-state index contributed by atoms with van der Waals surface area (Å²) in [5.41, 5.74) is 4.80. The number of hydrogen-bond acceptors (Lipinski definition) is 5. The van der Waals surface area contributed by atoms with Gasteiger partial charge >= 0.3 is 0 Å². The molecular formula is C20H26N2O2S2. The van der Waals surface area contributed by atoms with Gasteiger partial charge in [0.1, 0.15) is 4.32 Å². The van der Waals surface area contributed by atoms with Crippen LogP contribution in [0.2, 0.25) is 0 Å². The zero-order valence-electron chi connectivity index (χ0n) is 15.7. The number of nitrogens with zero attached hydrogens (tertiary/aromatic N) is 2. The Morgan fingerprint density at radius 2 is 1.81 bits per heavy atom. The van der Waals surface area contributed by atoms with E-state index in [2.05, 4.69) is 37.8 Å². The van der Waals surface area contributed by atoms with E-state index in [1.54, 1.807) is 4.90 Å². The van der Waals surface area contributed by atoms with Gasteiger partial charge in [-0.1, -0.05) is 36.1 Å². The lowest BCUT2D eigenvalue weighted by atomic mass is 10.0. The van der Waals surface area contributed by atoms with Crippen molar-refractivity contribution in [1.82, 2.24) is 9.80 Å². The number of aryl methyl sites for hydroxylation is 3. The molecule has 2 heterocycles. The molecule has 2 fully saturated rings. The van der Waals surface area contributed by atoms with Crippen LogP contribution in [-0.2, 0) is 9.53 Å². The standard InChI is InChI=1S/C20H26N2O2S2/c1-14-11-16(3)17(12-15(14)2)13-18-19(23)22(20(25)26-18)6-4-5-21-7-9-24-10-8-21/h11-13H,4-10H2,1-3H3/b18-13-. The molecule has 3 rings (SSSR count). The van der Waals surface area contributed by atoms with Crippen LogP contribution in [0.3, 0.4) is 0 Å². The summed E-state index contributed by atoms with van der Waals surface area (Å²) in [4.78, 5) is 17.6. The molecule has 1 amide bonds. The molecule has 26 heavy (non-hydrogen) atoms. The monoisotopic (exact) mass is 390 g/mol. The number of carbonyl (C=O) groups excluding carboxylic acids is 1. The molecule has 0 saturated carbocycles. The fourth-order valence-electron chi connectivity index (χ4n) is 3.25. The summed E-state index contributed by atoms with van der Waals surface area (Å²) < 4.78 is 6.04. The maximum absolute atomic E-state index is 12.8. The highest BCUT2D eigenvalue weighted by Gasteiger charge is 2.31. The molecule has 0 aromatic heterocycles. The molecule has 1 aromatic rings. The quantitative estimate of drug-likeness (QED) is 0.567. The van der Waals surface area contributed by atoms with Crippen LogP contribution in [-0.4, -0.2) is 59.4 Å². The topological polar surface area (TPSA) is 32.8 Å². The van der Waals surface area contributed by atoms with E-state index in [0.717, 1.165) is 49.7 Å². The summed E-state index contributed by atoms with van der Waals surface area (Å²) in [7, 11) is 0. The van der Waals surface area contributed by atoms with E-state index in [4.69, 9.17) is 17.0 Å². The van der Waals surface area contributed by atoms with Gasteiger partial charge in [0.05, 0.1) is 18.1 Å². The van der Waals surface area contributed by atoms with E-state index in [0.29, 0.717) is 10.9 Å². The summed E-state index contributed by atoms with van der Waals surface area (Å²) >= 11 is 6.87. The second-order valence-electron chi connectivity index (χ2n) is 6.93. The zero-order valence-corrected chi connectivity index (χ0v) is 17.3. The molecule has 2 aliphatic heterocycles. The number of ether oxygens (including phenoxy) is 1. The minimum atomic E-state index is 0.0413. The average Bonchev–Trinajstić information content (AvgIpc) is 2.88. The van der Waals surface area contributed by atoms with E-state index in [-0.39, 0.29) is 5.91 Å². The van der Waals surface area contributed by atoms with Gasteiger partial charge in [0, 0.05) is 26.2 Å². The van der Waals surface area contributed by atoms with Crippen molar-refractivity contribution in [2.75, 3.05) is 39.4 Å². The normalized spacial score (nSPS) is 20.4. The minimum Gasteiger partial charge on any atom is -0.379 e. The lowest BCUT2D eigenvalue weighted by molar-refractivity contribution is -0.122. The fourth-order valence-corrected chi connectivity index (χ4v) is 4.55. The summed E-state index contributed by atoms with van der Waals surface area (Å²) in [6.07, 6.45) is 2.92. The molecular weight excluding hydrogens is 364 g/mol. The molecule has 2 saturated heterocycles. The number of hydrogen-bond donors (Lipinski definition) is 0. The van der Waals surface area contributed by atoms with E-state index in [1.165, 1.54) is 28.5 Å². The van der Waals surface area contributed by atoms with Gasteiger partial charge in [-0.2, -0.15) is 0 Å². The molecule has 140 valence electrons. The number of thioether (sulfide) groups is 1. The van der Waals surface area contributed by atoms with E-state index >= 15 is 0 Å². The molecule has 2 aliphatic rings. The van der Waals surface area contributed by atoms with Crippen molar-refractivity contribution in [3.05, 3.63) is 39.3 Å². The first-order valence-electron chi connectivity index (χ1n) is 9.09. The maximum Gasteiger partial charge on any atom is 0.266 e. The third-order valence-electron chi connectivity index (χ3n) is 5.00. The molecule has 0 aliphatic carbocycles. The first-order chi connectivity index (χ1) is 12.5. The largest absolute Gasteiger partial charge is 0.379 e. The van der Waals surface area contributed by atoms with Crippen molar-refractivity contribution in [1.29, 1.82) is 0 Å². The number of amides is 1. The third-order valence-corrected chi connectivity index (χ3v) is 6.38. The number of carbonyl (C=O) groups is 1. The SMILES string of the molecule is Cc1cc(C)c(/C=C2\SC(=S)N(CCCN3CCOCC3)C2=O)cc1C. The number of thiocarbonyl (C=S) groups is 1. The van der Waals surface area contributed by atoms with Gasteiger partial charge in [0.2, 0.25) is 0 Å². The lowest BCUT2D eigenvalue weighted by Gasteiger charge is -2.27. The molecule has 6 heteroatoms. The van der Waals surface area contributed by atoms with Gasteiger partial charge in [0.25, 0.3) is 5.91 Å². The van der Waals surface area contributed by atoms with Crippen LogP contribution >= 0.6 is 24.0 Å². The molecule has 0 bridgehead atoms. The highest BCUT2D eigenvalue weighted by atomic mass is 32.2. The summed E-state index contributed by atoms with van der Waals surface area (Å²) in [6, 6.07) is 4.32. The van der Waals surface area contributed by atoms with Gasteiger partial charge < -0.3 is 4.74 Å². The zero-order chi connectivity index (χ0) is 18.7. The first-order valence-corrected chi connectivity index (χ1v) is 10.3. The Hall–Kier alpha value is -1.21. The first kappa shape index (κ1) is 19.5. The Balaban J connectivity index is 1.63. The van der Waals surface area contributed by atoms with Crippen LogP contribution in [0.5, 0.6) is 0 Å². The highest BCUT2D eigenvalue weighted by Crippen LogP contribution is 2.33. The summed E-state index contributed by atoms with van der Waals surface area (Å²) in [5, 5.41) is 0. The molecule has 0 radical (unpaired) electrons. The Bertz CT molecular complexity index is 740. The Morgan fingerprint density at radius 1 is 1.12 bits per heavy atom. The maximum atomic E-state index is 12.8. The second kappa shape index (κ2) is 8.65. The van der Waals surface area contributed by atoms with Gasteiger partial charge in [-0.3, -0.25) is 14.6 Å². The number of morpholine rings is 1. The van der Waals surface area contributed by atoms with Gasteiger partial charge in [0.15, 0.2) is 0 Å². The number of benzene rings is 1. The van der Waals surface area contributed by atoms with Crippen LogP contribution in [0.1, 0.15) is 28.7 Å². The van der Waals surface area contributed by atoms with Gasteiger partial charge in [-0.05, 0) is 55.5 Å². The Morgan fingerprint density at radius 3 is 2.54 bits per heavy atom. The molecule has 0 spiro atoms. The summed E-state index contributed by atoms with van der Waals surface area (Å²) in [5.74, 6) is 0.0413. The van der Waals surface area contributed by atoms with Crippen molar-refractivity contribution in [3.8, 4) is 0 Å². The molecule has 1 aromatic carbocycles. The van der Waals surface area contributed by atoms with Crippen molar-refractivity contribution in [3.63, 3.8) is 0 Å². The van der Waals surface area contributed by atoms with Crippen molar-refractivity contribution in [2.45, 2.75) is 27.2 Å². The summed E-state index contributed by atoms with van der Waals surface area (Å²) in [6.45, 7) is 11.5. The van der Waals surface area contributed by atoms with Crippen molar-refractivity contribution in [2.24, 2.45) is 0 Å². The average molecular weight is 391 g/mol. The van der Waals surface area contributed by atoms with Crippen LogP contribution in [0.15, 0.2) is 17.0 Å². The minimum absolute atomic E-state index is 0.0413. The molecule has 0 atom stereocenters. The second-order valence-corrected chi connectivity index (χ2v) is 8.61. The van der Waals surface area contributed by atoms with E-state index in [9.17, 15) is 4.79 Å². The fraction of sp³-hybridized carbons (Fsp3) is 0.500. The predicted molar refractivity (Wildman–Crippen MR) is 112 cm³/mol. The lowest BCUT2D eigenvalue weighted by Crippen LogP contribution is -2.38. The number of rotatable bonds is 5. The van der Waals surface area contributed by atoms with Crippen LogP contribution in [0.4, 0.5) is 0 Å². The predicted octanol–water partition coefficient (Wildman–Crippen LogP) is 3.54. The molecule has 4 nitrogen and oxygen atoms in total. The van der Waals surface area contributed by atoms with Crippen molar-refractivity contribution < 1.29 is 9.53 Å². The Kier molecular flexibility index (Phi) is 6.51. The van der Waals surface area contributed by atoms with Gasteiger partial charge in [-0.25, -0.2) is 0 Å². The van der Waals surface area contributed by atoms with Crippen LogP contribution < -0.4 is 0 Å². The smallest absolute Gasteiger partial charge is 0.266 e. The highest BCUT2D eigenvalue weighted by molar-refractivity contribution is 8.26. The third kappa shape index (κ3) is 4.55. The molecule has 0 N–H and O–H groups in total. The van der Waals surface area contributed by atoms with Gasteiger partial charge in [-0.15, -0.1) is 0 Å². The van der Waals surface area contributed by atoms with E-state index < -0.39 is 0 Å². The Labute approximate surface area is 165 Å². The van der Waals surface area contributed by atoms with Crippen LogP contribution in [0.25, 0.3) is 6.08 Å². The van der Waals surface area contributed by atoms with Crippen molar-refractivity contribution >= 4 is 40.3 Å². The van der Waals surface area contributed by atoms with Crippen LogP contribution in [0, 0.1) is 20.8 Å². The van der Waals surface area contributed by atoms with E-state index in [1.807, 2.05) is 6.08 Å².